The molecule has 0 saturated carbocycles. The highest BCUT2D eigenvalue weighted by molar-refractivity contribution is 7.93. The molecule has 0 N–H and O–H groups in total. The van der Waals surface area contributed by atoms with Crippen LogP contribution in [0.2, 0.25) is 0 Å². The summed E-state index contributed by atoms with van der Waals surface area (Å²) in [6, 6.07) is 15.3. The van der Waals surface area contributed by atoms with Crippen molar-refractivity contribution in [2.45, 2.75) is 26.2 Å². The quantitative estimate of drug-likeness (QED) is 0.679. The molecule has 1 saturated heterocycles. The van der Waals surface area contributed by atoms with Crippen LogP contribution in [0.1, 0.15) is 31.7 Å². The van der Waals surface area contributed by atoms with Crippen molar-refractivity contribution in [2.24, 2.45) is 0 Å². The van der Waals surface area contributed by atoms with Crippen molar-refractivity contribution in [3.8, 4) is 22.8 Å². The number of hydrogen-bond donors (Lipinski definition) is 0. The second kappa shape index (κ2) is 6.81. The van der Waals surface area contributed by atoms with Gasteiger partial charge < -0.3 is 4.52 Å². The molecule has 1 aromatic heterocycles. The molecule has 7 heteroatoms. The lowest BCUT2D eigenvalue weighted by atomic mass is 10.0. The molecule has 6 nitrogen and oxygen atoms in total. The van der Waals surface area contributed by atoms with E-state index in [-0.39, 0.29) is 5.75 Å². The Morgan fingerprint density at radius 1 is 1.07 bits per heavy atom. The average Bonchev–Trinajstić information content (AvgIpc) is 3.28. The van der Waals surface area contributed by atoms with E-state index < -0.39 is 10.0 Å². The van der Waals surface area contributed by atoms with Gasteiger partial charge in [-0.2, -0.15) is 4.98 Å². The molecule has 0 spiro atoms. The first-order chi connectivity index (χ1) is 12.9. The van der Waals surface area contributed by atoms with E-state index in [4.69, 9.17) is 4.52 Å². The highest BCUT2D eigenvalue weighted by Crippen LogP contribution is 2.29. The highest BCUT2D eigenvalue weighted by atomic mass is 32.2. The second-order valence-corrected chi connectivity index (χ2v) is 9.00. The van der Waals surface area contributed by atoms with Crippen LogP contribution in [0.25, 0.3) is 22.8 Å². The number of nitrogens with zero attached hydrogens (tertiary/aromatic N) is 3. The number of anilines is 1. The predicted molar refractivity (Wildman–Crippen MR) is 105 cm³/mol. The summed E-state index contributed by atoms with van der Waals surface area (Å²) < 4.78 is 31.2. The lowest BCUT2D eigenvalue weighted by molar-refractivity contribution is 0.432. The molecule has 0 amide bonds. The molecule has 0 aliphatic carbocycles. The normalized spacial score (nSPS) is 16.2. The van der Waals surface area contributed by atoms with Crippen molar-refractivity contribution >= 4 is 15.7 Å². The van der Waals surface area contributed by atoms with Crippen LogP contribution in [0.15, 0.2) is 53.1 Å². The molecular formula is C20H21N3O3S. The first-order valence-corrected chi connectivity index (χ1v) is 10.6. The number of aromatic nitrogens is 2. The molecule has 0 radical (unpaired) electrons. The van der Waals surface area contributed by atoms with Gasteiger partial charge in [-0.15, -0.1) is 0 Å². The van der Waals surface area contributed by atoms with Gasteiger partial charge >= 0.3 is 0 Å². The van der Waals surface area contributed by atoms with E-state index in [1.807, 2.05) is 18.2 Å². The Morgan fingerprint density at radius 2 is 1.85 bits per heavy atom. The lowest BCUT2D eigenvalue weighted by Crippen LogP contribution is -2.24. The Balaban J connectivity index is 1.63. The fraction of sp³-hybridized carbons (Fsp3) is 0.300. The van der Waals surface area contributed by atoms with Crippen LogP contribution in [0.5, 0.6) is 0 Å². The first kappa shape index (κ1) is 17.7. The van der Waals surface area contributed by atoms with Crippen LogP contribution >= 0.6 is 0 Å². The Labute approximate surface area is 158 Å². The molecule has 1 fully saturated rings. The Bertz CT molecular complexity index is 1060. The molecule has 1 aliphatic heterocycles. The standard InChI is InChI=1S/C20H21N3O3S/c1-14(2)15-7-9-16(10-8-15)19-21-20(26-22-19)17-5-3-6-18(13-17)23-11-4-12-27(23,24)25/h3,5-10,13-14H,4,11-12H2,1-2H3. The molecule has 4 rings (SSSR count). The average molecular weight is 383 g/mol. The largest absolute Gasteiger partial charge is 0.334 e. The van der Waals surface area contributed by atoms with Crippen LogP contribution < -0.4 is 4.31 Å². The van der Waals surface area contributed by atoms with Gasteiger partial charge in [0.2, 0.25) is 15.8 Å². The van der Waals surface area contributed by atoms with E-state index in [2.05, 4.69) is 36.1 Å². The molecule has 3 aromatic rings. The van der Waals surface area contributed by atoms with Gasteiger partial charge in [-0.3, -0.25) is 4.31 Å². The predicted octanol–water partition coefficient (Wildman–Crippen LogP) is 4.07. The van der Waals surface area contributed by atoms with E-state index in [1.54, 1.807) is 18.2 Å². The van der Waals surface area contributed by atoms with Crippen LogP contribution in [-0.2, 0) is 10.0 Å². The van der Waals surface area contributed by atoms with E-state index >= 15 is 0 Å². The van der Waals surface area contributed by atoms with Crippen LogP contribution in [0, 0.1) is 0 Å². The molecular weight excluding hydrogens is 362 g/mol. The van der Waals surface area contributed by atoms with Crippen LogP contribution in [-0.4, -0.2) is 30.9 Å². The zero-order valence-corrected chi connectivity index (χ0v) is 16.1. The van der Waals surface area contributed by atoms with E-state index in [9.17, 15) is 8.42 Å². The summed E-state index contributed by atoms with van der Waals surface area (Å²) in [5, 5.41) is 4.08. The number of sulfonamides is 1. The summed E-state index contributed by atoms with van der Waals surface area (Å²) >= 11 is 0. The number of hydrogen-bond acceptors (Lipinski definition) is 5. The number of benzene rings is 2. The smallest absolute Gasteiger partial charge is 0.258 e. The zero-order valence-electron chi connectivity index (χ0n) is 15.3. The summed E-state index contributed by atoms with van der Waals surface area (Å²) in [5.74, 6) is 1.54. The van der Waals surface area contributed by atoms with Crippen LogP contribution in [0.4, 0.5) is 5.69 Å². The Morgan fingerprint density at radius 3 is 2.52 bits per heavy atom. The van der Waals surface area contributed by atoms with Gasteiger partial charge in [-0.05, 0) is 36.1 Å². The minimum Gasteiger partial charge on any atom is -0.334 e. The zero-order chi connectivity index (χ0) is 19.0. The monoisotopic (exact) mass is 383 g/mol. The minimum absolute atomic E-state index is 0.189. The number of rotatable bonds is 4. The maximum absolute atomic E-state index is 12.1. The van der Waals surface area contributed by atoms with E-state index in [1.165, 1.54) is 9.87 Å². The summed E-state index contributed by atoms with van der Waals surface area (Å²) in [7, 11) is -3.22. The van der Waals surface area contributed by atoms with Crippen molar-refractivity contribution in [3.63, 3.8) is 0 Å². The Hall–Kier alpha value is -2.67. The van der Waals surface area contributed by atoms with Crippen molar-refractivity contribution in [2.75, 3.05) is 16.6 Å². The summed E-state index contributed by atoms with van der Waals surface area (Å²) in [5.41, 5.74) is 3.47. The van der Waals surface area contributed by atoms with Crippen molar-refractivity contribution in [1.82, 2.24) is 10.1 Å². The summed E-state index contributed by atoms with van der Waals surface area (Å²) in [4.78, 5) is 4.48. The fourth-order valence-electron chi connectivity index (χ4n) is 3.20. The van der Waals surface area contributed by atoms with Gasteiger partial charge in [0, 0.05) is 17.7 Å². The molecule has 1 aliphatic rings. The third kappa shape index (κ3) is 3.47. The maximum Gasteiger partial charge on any atom is 0.258 e. The van der Waals surface area contributed by atoms with Crippen molar-refractivity contribution < 1.29 is 12.9 Å². The first-order valence-electron chi connectivity index (χ1n) is 8.99. The highest BCUT2D eigenvalue weighted by Gasteiger charge is 2.28. The molecule has 0 bridgehead atoms. The SMILES string of the molecule is CC(C)c1ccc(-c2noc(-c3cccc(N4CCCS4(=O)=O)c3)n2)cc1. The van der Waals surface area contributed by atoms with Crippen LogP contribution in [0.3, 0.4) is 0 Å². The molecule has 0 unspecified atom stereocenters. The van der Waals surface area contributed by atoms with Gasteiger partial charge in [0.05, 0.1) is 11.4 Å². The lowest BCUT2D eigenvalue weighted by Gasteiger charge is -2.17. The van der Waals surface area contributed by atoms with Gasteiger partial charge in [0.15, 0.2) is 0 Å². The maximum atomic E-state index is 12.1. The minimum atomic E-state index is -3.22. The second-order valence-electron chi connectivity index (χ2n) is 6.99. The Kier molecular flexibility index (Phi) is 4.47. The topological polar surface area (TPSA) is 76.3 Å². The third-order valence-corrected chi connectivity index (χ3v) is 6.61. The summed E-state index contributed by atoms with van der Waals surface area (Å²) in [6.45, 7) is 4.80. The van der Waals surface area contributed by atoms with Crippen molar-refractivity contribution in [1.29, 1.82) is 0 Å². The van der Waals surface area contributed by atoms with Gasteiger partial charge in [0.1, 0.15) is 0 Å². The van der Waals surface area contributed by atoms with Gasteiger partial charge in [0.25, 0.3) is 5.89 Å². The van der Waals surface area contributed by atoms with Gasteiger partial charge in [-0.1, -0.05) is 49.3 Å². The summed E-state index contributed by atoms with van der Waals surface area (Å²) in [6.07, 6.45) is 0.642. The molecule has 27 heavy (non-hydrogen) atoms. The van der Waals surface area contributed by atoms with Gasteiger partial charge in [-0.25, -0.2) is 8.42 Å². The van der Waals surface area contributed by atoms with Crippen molar-refractivity contribution in [3.05, 3.63) is 54.1 Å². The van der Waals surface area contributed by atoms with E-state index in [0.717, 1.165) is 5.56 Å². The fourth-order valence-corrected chi connectivity index (χ4v) is 4.76. The molecule has 2 aromatic carbocycles. The third-order valence-electron chi connectivity index (χ3n) is 4.74. The van der Waals surface area contributed by atoms with E-state index in [0.29, 0.717) is 41.8 Å². The molecule has 0 atom stereocenters. The molecule has 2 heterocycles. The molecule has 140 valence electrons.